The van der Waals surface area contributed by atoms with Crippen molar-refractivity contribution in [2.45, 2.75) is 84.5 Å². The Labute approximate surface area is 179 Å². The predicted molar refractivity (Wildman–Crippen MR) is 114 cm³/mol. The fourth-order valence-electron chi connectivity index (χ4n) is 6.37. The Morgan fingerprint density at radius 2 is 2.13 bits per heavy atom. The molecule has 5 atom stereocenters. The Hall–Kier alpha value is -1.88. The van der Waals surface area contributed by atoms with Crippen LogP contribution < -0.4 is 0 Å². The third-order valence-electron chi connectivity index (χ3n) is 7.85. The van der Waals surface area contributed by atoms with Crippen LogP contribution in [0.1, 0.15) is 66.7 Å². The first kappa shape index (κ1) is 21.4. The highest BCUT2D eigenvalue weighted by atomic mass is 16.6. The van der Waals surface area contributed by atoms with Crippen molar-refractivity contribution in [2.75, 3.05) is 6.61 Å². The number of esters is 1. The summed E-state index contributed by atoms with van der Waals surface area (Å²) in [4.78, 5) is 22.9. The largest absolute Gasteiger partial charge is 0.463 e. The van der Waals surface area contributed by atoms with Crippen LogP contribution in [0, 0.1) is 17.3 Å². The van der Waals surface area contributed by atoms with Crippen molar-refractivity contribution < 1.29 is 23.8 Å². The summed E-state index contributed by atoms with van der Waals surface area (Å²) in [7, 11) is 0. The second-order valence-electron chi connectivity index (χ2n) is 9.79. The van der Waals surface area contributed by atoms with E-state index in [1.54, 1.807) is 0 Å². The van der Waals surface area contributed by atoms with Crippen molar-refractivity contribution in [3.63, 3.8) is 0 Å². The van der Waals surface area contributed by atoms with Gasteiger partial charge in [-0.3, -0.25) is 9.59 Å². The van der Waals surface area contributed by atoms with E-state index in [2.05, 4.69) is 39.8 Å². The standard InChI is InChI=1S/C25H34O5/c1-6-7-17-10-11-24(5)20(19(17)13-28-14-26)8-9-21-23(29-16(4)27)18(15(2)3)12-22-25(21,24)30-22/h8-9,14-15,18,22-23H,6-7,10-13H2,1-5H3/t18?,22-,23+,24-,25+/m0/s1. The van der Waals surface area contributed by atoms with Crippen LogP contribution in [0.3, 0.4) is 0 Å². The Balaban J connectivity index is 1.81. The quantitative estimate of drug-likeness (QED) is 0.344. The number of epoxide rings is 1. The Morgan fingerprint density at radius 3 is 2.77 bits per heavy atom. The van der Waals surface area contributed by atoms with E-state index in [1.807, 2.05) is 0 Å². The van der Waals surface area contributed by atoms with Gasteiger partial charge >= 0.3 is 5.97 Å². The van der Waals surface area contributed by atoms with Crippen LogP contribution >= 0.6 is 0 Å². The summed E-state index contributed by atoms with van der Waals surface area (Å²) in [6, 6.07) is 0. The van der Waals surface area contributed by atoms with Crippen LogP contribution in [0.5, 0.6) is 0 Å². The molecule has 0 N–H and O–H groups in total. The van der Waals surface area contributed by atoms with Crippen LogP contribution in [0.15, 0.2) is 34.4 Å². The summed E-state index contributed by atoms with van der Waals surface area (Å²) in [5.41, 5.74) is 4.28. The zero-order valence-corrected chi connectivity index (χ0v) is 18.8. The molecule has 1 unspecified atom stereocenters. The van der Waals surface area contributed by atoms with E-state index < -0.39 is 5.60 Å². The van der Waals surface area contributed by atoms with Gasteiger partial charge in [0, 0.05) is 23.8 Å². The van der Waals surface area contributed by atoms with E-state index in [9.17, 15) is 9.59 Å². The van der Waals surface area contributed by atoms with Gasteiger partial charge in [-0.25, -0.2) is 0 Å². The predicted octanol–water partition coefficient (Wildman–Crippen LogP) is 4.67. The fourth-order valence-corrected chi connectivity index (χ4v) is 6.37. The molecule has 0 radical (unpaired) electrons. The van der Waals surface area contributed by atoms with Gasteiger partial charge < -0.3 is 14.2 Å². The third kappa shape index (κ3) is 3.00. The van der Waals surface area contributed by atoms with Gasteiger partial charge in [0.1, 0.15) is 18.3 Å². The summed E-state index contributed by atoms with van der Waals surface area (Å²) in [6.07, 6.45) is 9.18. The average molecular weight is 415 g/mol. The van der Waals surface area contributed by atoms with E-state index >= 15 is 0 Å². The molecule has 0 aromatic carbocycles. The number of fused-ring (bicyclic) bond motifs is 1. The Kier molecular flexibility index (Phi) is 5.46. The van der Waals surface area contributed by atoms with Crippen molar-refractivity contribution in [3.05, 3.63) is 34.4 Å². The Bertz CT molecular complexity index is 834. The smallest absolute Gasteiger partial charge is 0.303 e. The number of hydrogen-bond acceptors (Lipinski definition) is 5. The molecule has 4 rings (SSSR count). The monoisotopic (exact) mass is 414 g/mol. The minimum absolute atomic E-state index is 0.151. The molecule has 1 saturated carbocycles. The molecule has 5 nitrogen and oxygen atoms in total. The van der Waals surface area contributed by atoms with Gasteiger partial charge in [0.15, 0.2) is 0 Å². The van der Waals surface area contributed by atoms with E-state index in [0.717, 1.165) is 43.3 Å². The van der Waals surface area contributed by atoms with Crippen LogP contribution in [0.2, 0.25) is 0 Å². The van der Waals surface area contributed by atoms with Crippen LogP contribution in [0.25, 0.3) is 0 Å². The van der Waals surface area contributed by atoms with Crippen molar-refractivity contribution in [2.24, 2.45) is 17.3 Å². The molecule has 5 heteroatoms. The average Bonchev–Trinajstić information content (AvgIpc) is 3.42. The molecular formula is C25H34O5. The topological polar surface area (TPSA) is 65.1 Å². The molecule has 0 aromatic heterocycles. The van der Waals surface area contributed by atoms with Gasteiger partial charge in [-0.05, 0) is 42.7 Å². The summed E-state index contributed by atoms with van der Waals surface area (Å²) in [6.45, 7) is 11.2. The third-order valence-corrected chi connectivity index (χ3v) is 7.85. The molecule has 1 heterocycles. The van der Waals surface area contributed by atoms with Crippen molar-refractivity contribution in [1.82, 2.24) is 0 Å². The van der Waals surface area contributed by atoms with E-state index in [4.69, 9.17) is 14.2 Å². The maximum atomic E-state index is 12.0. The summed E-state index contributed by atoms with van der Waals surface area (Å²) < 4.78 is 17.7. The summed E-state index contributed by atoms with van der Waals surface area (Å²) in [5.74, 6) is 0.413. The molecular weight excluding hydrogens is 380 g/mol. The Morgan fingerprint density at radius 1 is 1.37 bits per heavy atom. The number of allylic oxidation sites excluding steroid dienone is 3. The maximum absolute atomic E-state index is 12.0. The molecule has 0 bridgehead atoms. The number of carbonyl (C=O) groups excluding carboxylic acids is 2. The van der Waals surface area contributed by atoms with Crippen LogP contribution in [-0.4, -0.2) is 36.9 Å². The number of hydrogen-bond donors (Lipinski definition) is 0. The molecule has 2 fully saturated rings. The van der Waals surface area contributed by atoms with Gasteiger partial charge in [0.25, 0.3) is 6.47 Å². The first-order valence-corrected chi connectivity index (χ1v) is 11.3. The van der Waals surface area contributed by atoms with E-state index in [1.165, 1.54) is 18.1 Å². The van der Waals surface area contributed by atoms with Gasteiger partial charge in [0.2, 0.25) is 0 Å². The normalized spacial score (nSPS) is 36.8. The van der Waals surface area contributed by atoms with Crippen LogP contribution in [0.4, 0.5) is 0 Å². The molecule has 1 spiro atoms. The van der Waals surface area contributed by atoms with Crippen LogP contribution in [-0.2, 0) is 23.8 Å². The molecule has 1 saturated heterocycles. The molecule has 4 aliphatic rings. The van der Waals surface area contributed by atoms with Gasteiger partial charge in [0.05, 0.1) is 6.10 Å². The van der Waals surface area contributed by atoms with Gasteiger partial charge in [-0.15, -0.1) is 0 Å². The second-order valence-corrected chi connectivity index (χ2v) is 9.79. The minimum atomic E-state index is -0.410. The second kappa shape index (κ2) is 7.67. The number of ether oxygens (including phenoxy) is 3. The maximum Gasteiger partial charge on any atom is 0.303 e. The minimum Gasteiger partial charge on any atom is -0.463 e. The lowest BCUT2D eigenvalue weighted by molar-refractivity contribution is -0.149. The highest BCUT2D eigenvalue weighted by Crippen LogP contribution is 2.69. The molecule has 1 aliphatic heterocycles. The zero-order valence-electron chi connectivity index (χ0n) is 18.8. The summed E-state index contributed by atoms with van der Waals surface area (Å²) >= 11 is 0. The number of rotatable bonds is 7. The zero-order chi connectivity index (χ0) is 21.7. The fraction of sp³-hybridized carbons (Fsp3) is 0.680. The molecule has 3 aliphatic carbocycles. The number of carbonyl (C=O) groups is 2. The van der Waals surface area contributed by atoms with Crippen molar-refractivity contribution in [3.8, 4) is 0 Å². The van der Waals surface area contributed by atoms with E-state index in [0.29, 0.717) is 19.0 Å². The van der Waals surface area contributed by atoms with E-state index in [-0.39, 0.29) is 29.5 Å². The molecule has 0 amide bonds. The lowest BCUT2D eigenvalue weighted by Crippen LogP contribution is -2.53. The SMILES string of the molecule is CCCC1=C(COC=O)C2=CC=C3[C@H](OC(C)=O)C(C(C)C)C[C@@H]4O[C@]34[C@@]2(C)CC1. The van der Waals surface area contributed by atoms with Gasteiger partial charge in [-0.1, -0.05) is 51.8 Å². The molecule has 0 aromatic rings. The molecule has 30 heavy (non-hydrogen) atoms. The van der Waals surface area contributed by atoms with Crippen molar-refractivity contribution in [1.29, 1.82) is 0 Å². The van der Waals surface area contributed by atoms with Gasteiger partial charge in [-0.2, -0.15) is 0 Å². The lowest BCUT2D eigenvalue weighted by atomic mass is 9.53. The highest BCUT2D eigenvalue weighted by molar-refractivity contribution is 5.67. The molecule has 164 valence electrons. The first-order valence-electron chi connectivity index (χ1n) is 11.3. The lowest BCUT2D eigenvalue weighted by Gasteiger charge is -2.50. The highest BCUT2D eigenvalue weighted by Gasteiger charge is 2.75. The van der Waals surface area contributed by atoms with Crippen molar-refractivity contribution >= 4 is 12.4 Å². The first-order chi connectivity index (χ1) is 14.3. The summed E-state index contributed by atoms with van der Waals surface area (Å²) in [5, 5.41) is 0.